The lowest BCUT2D eigenvalue weighted by molar-refractivity contribution is 0.789. The van der Waals surface area contributed by atoms with Gasteiger partial charge in [-0.15, -0.1) is 0 Å². The fourth-order valence-corrected chi connectivity index (χ4v) is 8.54. The van der Waals surface area contributed by atoms with Crippen molar-refractivity contribution in [2.45, 2.75) is 22.1 Å². The summed E-state index contributed by atoms with van der Waals surface area (Å²) < 4.78 is 5.80. The molecule has 0 aromatic rings. The Labute approximate surface area is 162 Å². The summed E-state index contributed by atoms with van der Waals surface area (Å²) in [7, 11) is 0. The van der Waals surface area contributed by atoms with E-state index in [0.29, 0.717) is 0 Å². The maximum absolute atomic E-state index is 2.63. The van der Waals surface area contributed by atoms with Crippen molar-refractivity contribution in [1.82, 2.24) is 0 Å². The van der Waals surface area contributed by atoms with Crippen molar-refractivity contribution in [3.63, 3.8) is 0 Å². The van der Waals surface area contributed by atoms with Crippen LogP contribution in [0.15, 0.2) is 0 Å². The number of halogens is 6. The third-order valence-corrected chi connectivity index (χ3v) is 14.8. The molecule has 4 unspecified atom stereocenters. The first-order valence-corrected chi connectivity index (χ1v) is 11.8. The Balaban J connectivity index is 3.99. The van der Waals surface area contributed by atoms with Gasteiger partial charge in [-0.2, -0.15) is 0 Å². The lowest BCUT2D eigenvalue weighted by Crippen LogP contribution is -2.31. The highest BCUT2D eigenvalue weighted by molar-refractivity contribution is 14.1. The molecule has 0 amide bonds. The molecule has 0 nitrogen and oxygen atoms in total. The maximum atomic E-state index is 2.63. The molecule has 0 aliphatic rings. The van der Waals surface area contributed by atoms with Gasteiger partial charge in [-0.3, -0.25) is 0 Å². The number of rotatable bonds is 6. The van der Waals surface area contributed by atoms with Crippen LogP contribution >= 0.6 is 136 Å². The highest BCUT2D eigenvalue weighted by Crippen LogP contribution is 2.32. The molecule has 0 aliphatic heterocycles. The smallest absolute Gasteiger partial charge is 0.0363 e. The van der Waals surface area contributed by atoms with Crippen LogP contribution in [0.4, 0.5) is 0 Å². The number of hydrogen-bond acceptors (Lipinski definition) is 0. The molecule has 0 bridgehead atoms. The molecular formula is C7H10I6. The summed E-state index contributed by atoms with van der Waals surface area (Å²) in [5.74, 6) is 0. The topological polar surface area (TPSA) is 0 Å². The molecule has 0 saturated heterocycles. The molecule has 0 saturated carbocycles. The van der Waals surface area contributed by atoms with E-state index in [-0.39, 0.29) is 0 Å². The van der Waals surface area contributed by atoms with E-state index in [0.717, 1.165) is 15.7 Å². The Morgan fingerprint density at radius 3 is 1.62 bits per heavy atom. The maximum Gasteiger partial charge on any atom is 0.0363 e. The SMILES string of the molecule is ICCC(I)C(I)C(I)C(I)CI. The lowest BCUT2D eigenvalue weighted by atomic mass is 10.2. The fraction of sp³-hybridized carbons (Fsp3) is 1.00. The van der Waals surface area contributed by atoms with Gasteiger partial charge in [0.1, 0.15) is 0 Å². The molecule has 0 radical (unpaired) electrons. The Morgan fingerprint density at radius 1 is 0.769 bits per heavy atom. The second-order valence-corrected chi connectivity index (χ2v) is 10.6. The summed E-state index contributed by atoms with van der Waals surface area (Å²) in [6.07, 6.45) is 1.35. The van der Waals surface area contributed by atoms with Crippen LogP contribution in [-0.4, -0.2) is 24.6 Å². The van der Waals surface area contributed by atoms with E-state index in [1.54, 1.807) is 0 Å². The van der Waals surface area contributed by atoms with Gasteiger partial charge in [0.05, 0.1) is 0 Å². The first-order chi connectivity index (χ1) is 6.04. The molecule has 6 heteroatoms. The van der Waals surface area contributed by atoms with Crippen molar-refractivity contribution in [3.8, 4) is 0 Å². The molecular weight excluding hydrogens is 846 g/mol. The standard InChI is InChI=1S/C7H10I6/c8-2-1-4(10)6(12)7(13)5(11)3-9/h4-7H,1-3H2. The van der Waals surface area contributed by atoms with Gasteiger partial charge in [-0.05, 0) is 6.42 Å². The van der Waals surface area contributed by atoms with Crippen LogP contribution in [0.1, 0.15) is 6.42 Å². The van der Waals surface area contributed by atoms with Crippen LogP contribution in [0, 0.1) is 0 Å². The third-order valence-electron chi connectivity index (χ3n) is 1.53. The summed E-state index contributed by atoms with van der Waals surface area (Å²) in [5, 5.41) is 0. The molecule has 80 valence electrons. The molecule has 0 aromatic carbocycles. The molecule has 0 N–H and O–H groups in total. The highest BCUT2D eigenvalue weighted by Gasteiger charge is 2.27. The zero-order valence-electron chi connectivity index (χ0n) is 6.70. The molecule has 13 heavy (non-hydrogen) atoms. The van der Waals surface area contributed by atoms with Crippen molar-refractivity contribution >= 4 is 136 Å². The van der Waals surface area contributed by atoms with Crippen molar-refractivity contribution < 1.29 is 0 Å². The monoisotopic (exact) mass is 856 g/mol. The van der Waals surface area contributed by atoms with Crippen LogP contribution in [-0.2, 0) is 0 Å². The largest absolute Gasteiger partial charge is 0.0863 e. The van der Waals surface area contributed by atoms with Gasteiger partial charge in [-0.25, -0.2) is 0 Å². The van der Waals surface area contributed by atoms with Gasteiger partial charge in [0.25, 0.3) is 0 Å². The Hall–Kier alpha value is 4.38. The number of alkyl halides is 6. The lowest BCUT2D eigenvalue weighted by Gasteiger charge is -2.24. The minimum Gasteiger partial charge on any atom is -0.0863 e. The first kappa shape index (κ1) is 17.4. The van der Waals surface area contributed by atoms with E-state index in [2.05, 4.69) is 136 Å². The quantitative estimate of drug-likeness (QED) is 0.246. The van der Waals surface area contributed by atoms with E-state index in [1.165, 1.54) is 15.3 Å². The van der Waals surface area contributed by atoms with Gasteiger partial charge in [0.2, 0.25) is 0 Å². The third kappa shape index (κ3) is 7.41. The van der Waals surface area contributed by atoms with E-state index < -0.39 is 0 Å². The summed E-state index contributed by atoms with van der Waals surface area (Å²) in [6, 6.07) is 0. The average Bonchev–Trinajstić information content (AvgIpc) is 2.14. The molecule has 4 atom stereocenters. The minimum atomic E-state index is 0.806. The normalized spacial score (nSPS) is 20.8. The van der Waals surface area contributed by atoms with Gasteiger partial charge in [-0.1, -0.05) is 136 Å². The molecule has 0 aromatic heterocycles. The molecule has 0 aliphatic carbocycles. The zero-order chi connectivity index (χ0) is 10.4. The van der Waals surface area contributed by atoms with E-state index in [1.807, 2.05) is 0 Å². The van der Waals surface area contributed by atoms with Gasteiger partial charge in [0.15, 0.2) is 0 Å². The van der Waals surface area contributed by atoms with Gasteiger partial charge < -0.3 is 0 Å². The number of hydrogen-bond donors (Lipinski definition) is 0. The summed E-state index contributed by atoms with van der Waals surface area (Å²) >= 11 is 15.4. The molecule has 0 heterocycles. The van der Waals surface area contributed by atoms with Crippen molar-refractivity contribution in [1.29, 1.82) is 0 Å². The van der Waals surface area contributed by atoms with Crippen molar-refractivity contribution in [2.75, 3.05) is 8.86 Å². The van der Waals surface area contributed by atoms with Gasteiger partial charge >= 0.3 is 0 Å². The molecule has 0 fully saturated rings. The summed E-state index contributed by atoms with van der Waals surface area (Å²) in [6.45, 7) is 0. The van der Waals surface area contributed by atoms with Crippen LogP contribution in [0.5, 0.6) is 0 Å². The predicted molar refractivity (Wildman–Crippen MR) is 114 cm³/mol. The van der Waals surface area contributed by atoms with E-state index in [9.17, 15) is 0 Å². The second kappa shape index (κ2) is 10.3. The van der Waals surface area contributed by atoms with Crippen LogP contribution in [0.2, 0.25) is 0 Å². The molecule has 0 spiro atoms. The zero-order valence-corrected chi connectivity index (χ0v) is 19.6. The Kier molecular flexibility index (Phi) is 13.8. The summed E-state index contributed by atoms with van der Waals surface area (Å²) in [4.78, 5) is 0. The van der Waals surface area contributed by atoms with Crippen LogP contribution < -0.4 is 0 Å². The average molecular weight is 856 g/mol. The van der Waals surface area contributed by atoms with E-state index in [4.69, 9.17) is 0 Å². The predicted octanol–water partition coefficient (Wildman–Crippen LogP) is 5.46. The van der Waals surface area contributed by atoms with E-state index >= 15 is 0 Å². The van der Waals surface area contributed by atoms with Crippen molar-refractivity contribution in [2.24, 2.45) is 0 Å². The second-order valence-electron chi connectivity index (χ2n) is 2.55. The van der Waals surface area contributed by atoms with Gasteiger partial charge in [0, 0.05) is 24.6 Å². The Bertz CT molecular complexity index is 130. The first-order valence-electron chi connectivity index (χ1n) is 3.72. The van der Waals surface area contributed by atoms with Crippen molar-refractivity contribution in [3.05, 3.63) is 0 Å². The van der Waals surface area contributed by atoms with Crippen LogP contribution in [0.25, 0.3) is 0 Å². The van der Waals surface area contributed by atoms with Crippen LogP contribution in [0.3, 0.4) is 0 Å². The highest BCUT2D eigenvalue weighted by atomic mass is 127. The fourth-order valence-electron chi connectivity index (χ4n) is 0.748. The minimum absolute atomic E-state index is 0.806. The molecule has 0 rings (SSSR count). The summed E-state index contributed by atoms with van der Waals surface area (Å²) in [5.41, 5.74) is 0. The Morgan fingerprint density at radius 2 is 1.23 bits per heavy atom.